The summed E-state index contributed by atoms with van der Waals surface area (Å²) in [6.45, 7) is 1.66. The number of carbonyl (C=O) groups is 2. The summed E-state index contributed by atoms with van der Waals surface area (Å²) in [5, 5.41) is 2.81. The second kappa shape index (κ2) is 9.30. The number of para-hydroxylation sites is 1. The van der Waals surface area contributed by atoms with Crippen LogP contribution in [0.4, 0.5) is 9.18 Å². The van der Waals surface area contributed by atoms with E-state index < -0.39 is 23.9 Å². The second-order valence-electron chi connectivity index (χ2n) is 6.52. The number of methoxy groups -OCH3 is 1. The van der Waals surface area contributed by atoms with Gasteiger partial charge in [-0.25, -0.2) is 14.0 Å². The van der Waals surface area contributed by atoms with Gasteiger partial charge >= 0.3 is 12.0 Å². The molecule has 8 heteroatoms. The average molecular weight is 414 g/mol. The van der Waals surface area contributed by atoms with E-state index in [0.29, 0.717) is 11.3 Å². The van der Waals surface area contributed by atoms with Crippen molar-refractivity contribution in [2.75, 3.05) is 27.4 Å². The predicted octanol–water partition coefficient (Wildman–Crippen LogP) is 3.43. The van der Waals surface area contributed by atoms with Crippen molar-refractivity contribution in [1.29, 1.82) is 0 Å². The first-order valence-corrected chi connectivity index (χ1v) is 9.42. The number of carbonyl (C=O) groups excluding carboxylic acids is 2. The maximum atomic E-state index is 14.0. The van der Waals surface area contributed by atoms with Crippen LogP contribution in [0.25, 0.3) is 0 Å². The van der Waals surface area contributed by atoms with Crippen LogP contribution in [-0.4, -0.2) is 44.3 Å². The van der Waals surface area contributed by atoms with Crippen molar-refractivity contribution in [1.82, 2.24) is 10.2 Å². The van der Waals surface area contributed by atoms with Crippen LogP contribution in [0.15, 0.2) is 59.8 Å². The Bertz CT molecular complexity index is 976. The molecule has 1 N–H and O–H groups in total. The van der Waals surface area contributed by atoms with Crippen molar-refractivity contribution in [3.05, 3.63) is 71.2 Å². The highest BCUT2D eigenvalue weighted by Crippen LogP contribution is 2.33. The third-order valence-electron chi connectivity index (χ3n) is 4.70. The minimum Gasteiger partial charge on any atom is -0.497 e. The van der Waals surface area contributed by atoms with Crippen molar-refractivity contribution in [2.24, 2.45) is 0 Å². The van der Waals surface area contributed by atoms with Crippen LogP contribution in [-0.2, 0) is 9.53 Å². The van der Waals surface area contributed by atoms with Crippen LogP contribution in [0.3, 0.4) is 0 Å². The van der Waals surface area contributed by atoms with Crippen LogP contribution in [0.5, 0.6) is 11.5 Å². The number of likely N-dealkylation sites (N-methyl/N-ethyl adjacent to an activating group) is 1. The number of hydrogen-bond acceptors (Lipinski definition) is 5. The third kappa shape index (κ3) is 4.37. The highest BCUT2D eigenvalue weighted by Gasteiger charge is 2.37. The van der Waals surface area contributed by atoms with E-state index in [4.69, 9.17) is 14.2 Å². The summed E-state index contributed by atoms with van der Waals surface area (Å²) in [7, 11) is 3.04. The van der Waals surface area contributed by atoms with Crippen molar-refractivity contribution >= 4 is 12.0 Å². The van der Waals surface area contributed by atoms with Gasteiger partial charge in [0.05, 0.1) is 31.0 Å². The minimum atomic E-state index is -0.776. The van der Waals surface area contributed by atoms with Gasteiger partial charge in [-0.2, -0.15) is 0 Å². The first-order chi connectivity index (χ1) is 14.5. The molecule has 2 amide bonds. The van der Waals surface area contributed by atoms with Crippen LogP contribution in [0.2, 0.25) is 0 Å². The lowest BCUT2D eigenvalue weighted by atomic mass is 9.94. The number of rotatable bonds is 7. The van der Waals surface area contributed by atoms with Gasteiger partial charge in [-0.15, -0.1) is 0 Å². The third-order valence-corrected chi connectivity index (χ3v) is 4.70. The second-order valence-corrected chi connectivity index (χ2v) is 6.52. The molecule has 3 rings (SSSR count). The van der Waals surface area contributed by atoms with E-state index in [9.17, 15) is 14.0 Å². The zero-order chi connectivity index (χ0) is 21.7. The molecule has 158 valence electrons. The molecule has 1 atom stereocenters. The van der Waals surface area contributed by atoms with Gasteiger partial charge in [0.2, 0.25) is 0 Å². The van der Waals surface area contributed by atoms with Gasteiger partial charge in [0.15, 0.2) is 11.6 Å². The highest BCUT2D eigenvalue weighted by molar-refractivity contribution is 5.95. The van der Waals surface area contributed by atoms with Crippen molar-refractivity contribution in [3.63, 3.8) is 0 Å². The van der Waals surface area contributed by atoms with Gasteiger partial charge in [-0.1, -0.05) is 24.3 Å². The molecule has 0 spiro atoms. The molecule has 0 aromatic heterocycles. The Balaban J connectivity index is 2.05. The van der Waals surface area contributed by atoms with E-state index in [1.54, 1.807) is 43.3 Å². The molecule has 1 heterocycles. The molecular weight excluding hydrogens is 391 g/mol. The van der Waals surface area contributed by atoms with E-state index in [2.05, 4.69) is 5.32 Å². The fraction of sp³-hybridized carbons (Fsp3) is 0.273. The first kappa shape index (κ1) is 21.2. The quantitative estimate of drug-likeness (QED) is 0.703. The van der Waals surface area contributed by atoms with Gasteiger partial charge in [0.25, 0.3) is 0 Å². The number of esters is 1. The lowest BCUT2D eigenvalue weighted by molar-refractivity contribution is -0.139. The van der Waals surface area contributed by atoms with Gasteiger partial charge in [-0.05, 0) is 36.8 Å². The number of hydrogen-bond donors (Lipinski definition) is 1. The van der Waals surface area contributed by atoms with Crippen LogP contribution in [0, 0.1) is 5.82 Å². The predicted molar refractivity (Wildman–Crippen MR) is 108 cm³/mol. The molecule has 30 heavy (non-hydrogen) atoms. The van der Waals surface area contributed by atoms with Crippen molar-refractivity contribution < 1.29 is 28.2 Å². The molecule has 0 aliphatic carbocycles. The van der Waals surface area contributed by atoms with Crippen molar-refractivity contribution in [2.45, 2.75) is 13.0 Å². The Morgan fingerprint density at radius 1 is 1.20 bits per heavy atom. The Kier molecular flexibility index (Phi) is 6.56. The fourth-order valence-corrected chi connectivity index (χ4v) is 3.16. The molecule has 0 saturated carbocycles. The van der Waals surface area contributed by atoms with E-state index in [1.165, 1.54) is 31.2 Å². The summed E-state index contributed by atoms with van der Waals surface area (Å²) in [6.07, 6.45) is 0. The number of ether oxygens (including phenoxy) is 3. The Hall–Kier alpha value is -3.55. The van der Waals surface area contributed by atoms with Crippen LogP contribution in [0.1, 0.15) is 18.5 Å². The largest absolute Gasteiger partial charge is 0.497 e. The Morgan fingerprint density at radius 2 is 1.97 bits per heavy atom. The summed E-state index contributed by atoms with van der Waals surface area (Å²) in [4.78, 5) is 26.7. The number of amides is 2. The fourth-order valence-electron chi connectivity index (χ4n) is 3.16. The molecule has 0 bridgehead atoms. The number of nitrogens with zero attached hydrogens (tertiary/aromatic N) is 1. The van der Waals surface area contributed by atoms with Gasteiger partial charge in [0, 0.05) is 7.05 Å². The summed E-state index contributed by atoms with van der Waals surface area (Å²) in [6, 6.07) is 11.7. The lowest BCUT2D eigenvalue weighted by Crippen LogP contribution is -2.48. The monoisotopic (exact) mass is 414 g/mol. The normalized spacial score (nSPS) is 16.2. The molecule has 0 saturated heterocycles. The first-order valence-electron chi connectivity index (χ1n) is 9.42. The molecule has 2 aromatic rings. The number of benzene rings is 2. The topological polar surface area (TPSA) is 77.1 Å². The van der Waals surface area contributed by atoms with Crippen LogP contribution < -0.4 is 14.8 Å². The summed E-state index contributed by atoms with van der Waals surface area (Å²) < 4.78 is 30.1. The molecule has 7 nitrogen and oxygen atoms in total. The van der Waals surface area contributed by atoms with Crippen molar-refractivity contribution in [3.8, 4) is 11.5 Å². The Morgan fingerprint density at radius 3 is 2.67 bits per heavy atom. The average Bonchev–Trinajstić information content (AvgIpc) is 2.75. The zero-order valence-electron chi connectivity index (χ0n) is 17.0. The molecule has 0 fully saturated rings. The smallest absolute Gasteiger partial charge is 0.338 e. The van der Waals surface area contributed by atoms with Gasteiger partial charge in [0.1, 0.15) is 12.4 Å². The van der Waals surface area contributed by atoms with E-state index in [-0.39, 0.29) is 30.2 Å². The van der Waals surface area contributed by atoms with E-state index >= 15 is 0 Å². The summed E-state index contributed by atoms with van der Waals surface area (Å²) in [5.74, 6) is -0.536. The Labute approximate surface area is 174 Å². The summed E-state index contributed by atoms with van der Waals surface area (Å²) in [5.41, 5.74) is 1.14. The minimum absolute atomic E-state index is 0.0190. The molecule has 0 radical (unpaired) electrons. The SMILES string of the molecule is CCOC(=O)C1=C(COc2ccccc2F)N(C)C(=O)N[C@H]1c1cccc(OC)c1. The lowest BCUT2D eigenvalue weighted by Gasteiger charge is -2.34. The molecule has 2 aromatic carbocycles. The van der Waals surface area contributed by atoms with E-state index in [1.807, 2.05) is 0 Å². The number of nitrogens with one attached hydrogen (secondary N) is 1. The van der Waals surface area contributed by atoms with Gasteiger partial charge in [-0.3, -0.25) is 4.90 Å². The molecule has 1 aliphatic heterocycles. The standard InChI is InChI=1S/C22H23FN2O5/c1-4-29-21(26)19-17(13-30-18-11-6-5-10-16(18)23)25(2)22(27)24-20(19)14-8-7-9-15(12-14)28-3/h5-12,20H,4,13H2,1-3H3,(H,24,27)/t20-/m0/s1. The highest BCUT2D eigenvalue weighted by atomic mass is 19.1. The molecule has 0 unspecified atom stereocenters. The maximum absolute atomic E-state index is 14.0. The maximum Gasteiger partial charge on any atom is 0.338 e. The number of halogens is 1. The summed E-state index contributed by atoms with van der Waals surface area (Å²) >= 11 is 0. The number of urea groups is 1. The molecular formula is C22H23FN2O5. The zero-order valence-corrected chi connectivity index (χ0v) is 17.0. The van der Waals surface area contributed by atoms with E-state index in [0.717, 1.165) is 0 Å². The van der Waals surface area contributed by atoms with Gasteiger partial charge < -0.3 is 19.5 Å². The molecule has 1 aliphatic rings. The van der Waals surface area contributed by atoms with Crippen LogP contribution >= 0.6 is 0 Å².